The lowest BCUT2D eigenvalue weighted by atomic mass is 10.2. The van der Waals surface area contributed by atoms with Crippen LogP contribution in [0.5, 0.6) is 0 Å². The van der Waals surface area contributed by atoms with Gasteiger partial charge in [-0.25, -0.2) is 4.98 Å². The molecule has 0 bridgehead atoms. The molecule has 1 amide bonds. The van der Waals surface area contributed by atoms with Gasteiger partial charge in [0.15, 0.2) is 0 Å². The summed E-state index contributed by atoms with van der Waals surface area (Å²) in [6, 6.07) is 7.73. The van der Waals surface area contributed by atoms with E-state index in [0.29, 0.717) is 12.4 Å². The largest absolute Gasteiger partial charge is 0.345 e. The second-order valence-electron chi connectivity index (χ2n) is 3.73. The van der Waals surface area contributed by atoms with Crippen LogP contribution < -0.4 is 5.32 Å². The van der Waals surface area contributed by atoms with Crippen LogP contribution in [-0.2, 0) is 13.0 Å². The minimum absolute atomic E-state index is 0.180. The van der Waals surface area contributed by atoms with Crippen LogP contribution >= 0.6 is 15.9 Å². The number of hydrogen-bond acceptors (Lipinski definition) is 3. The number of aromatic nitrogens is 3. The number of rotatable bonds is 4. The van der Waals surface area contributed by atoms with Crippen LogP contribution in [0.1, 0.15) is 28.9 Å². The molecule has 0 atom stereocenters. The van der Waals surface area contributed by atoms with Crippen molar-refractivity contribution in [2.45, 2.75) is 19.9 Å². The van der Waals surface area contributed by atoms with Crippen molar-refractivity contribution < 1.29 is 4.79 Å². The Kier molecular flexibility index (Phi) is 4.09. The molecule has 18 heavy (non-hydrogen) atoms. The van der Waals surface area contributed by atoms with E-state index < -0.39 is 0 Å². The van der Waals surface area contributed by atoms with Crippen molar-refractivity contribution in [2.24, 2.45) is 0 Å². The van der Waals surface area contributed by atoms with Gasteiger partial charge in [0.1, 0.15) is 5.82 Å². The predicted molar refractivity (Wildman–Crippen MR) is 71.1 cm³/mol. The Bertz CT molecular complexity index is 553. The summed E-state index contributed by atoms with van der Waals surface area (Å²) in [6.45, 7) is 2.39. The zero-order chi connectivity index (χ0) is 13.0. The maximum Gasteiger partial charge on any atom is 0.291 e. The third-order valence-electron chi connectivity index (χ3n) is 2.47. The Balaban J connectivity index is 1.98. The number of aryl methyl sites for hydroxylation is 1. The number of H-pyrrole nitrogens is 1. The first-order chi connectivity index (χ1) is 8.70. The number of nitrogens with zero attached hydrogens (tertiary/aromatic N) is 2. The maximum absolute atomic E-state index is 11.8. The van der Waals surface area contributed by atoms with Gasteiger partial charge in [0.2, 0.25) is 5.82 Å². The van der Waals surface area contributed by atoms with Gasteiger partial charge in [-0.1, -0.05) is 41.1 Å². The summed E-state index contributed by atoms with van der Waals surface area (Å²) < 4.78 is 0.967. The minimum atomic E-state index is -0.276. The van der Waals surface area contributed by atoms with E-state index >= 15 is 0 Å². The number of aromatic amines is 1. The van der Waals surface area contributed by atoms with Crippen molar-refractivity contribution in [3.05, 3.63) is 46.0 Å². The molecule has 0 unspecified atom stereocenters. The molecule has 0 aliphatic heterocycles. The average Bonchev–Trinajstić information content (AvgIpc) is 2.86. The molecule has 0 saturated heterocycles. The Morgan fingerprint density at radius 3 is 2.89 bits per heavy atom. The average molecular weight is 309 g/mol. The van der Waals surface area contributed by atoms with Crippen molar-refractivity contribution in [1.82, 2.24) is 20.5 Å². The Labute approximate surface area is 113 Å². The Morgan fingerprint density at radius 2 is 2.22 bits per heavy atom. The summed E-state index contributed by atoms with van der Waals surface area (Å²) in [5.74, 6) is 0.613. The van der Waals surface area contributed by atoms with Gasteiger partial charge in [-0.15, -0.1) is 5.10 Å². The Morgan fingerprint density at radius 1 is 1.44 bits per heavy atom. The quantitative estimate of drug-likeness (QED) is 0.908. The zero-order valence-corrected chi connectivity index (χ0v) is 11.5. The van der Waals surface area contributed by atoms with Crippen molar-refractivity contribution in [3.8, 4) is 0 Å². The second kappa shape index (κ2) is 5.77. The number of carbonyl (C=O) groups excluding carboxylic acids is 1. The number of carbonyl (C=O) groups is 1. The van der Waals surface area contributed by atoms with Gasteiger partial charge in [0, 0.05) is 17.4 Å². The summed E-state index contributed by atoms with van der Waals surface area (Å²) in [4.78, 5) is 15.9. The first-order valence-corrected chi connectivity index (χ1v) is 6.43. The van der Waals surface area contributed by atoms with Crippen LogP contribution in [0, 0.1) is 0 Å². The van der Waals surface area contributed by atoms with E-state index in [0.717, 1.165) is 16.5 Å². The normalized spacial score (nSPS) is 10.3. The van der Waals surface area contributed by atoms with E-state index in [1.807, 2.05) is 31.2 Å². The van der Waals surface area contributed by atoms with Crippen LogP contribution in [0.4, 0.5) is 0 Å². The summed E-state index contributed by atoms with van der Waals surface area (Å²) in [6.07, 6.45) is 0.727. The molecular weight excluding hydrogens is 296 g/mol. The highest BCUT2D eigenvalue weighted by atomic mass is 79.9. The van der Waals surface area contributed by atoms with Crippen LogP contribution in [-0.4, -0.2) is 21.1 Å². The molecule has 0 aliphatic rings. The molecule has 0 radical (unpaired) electrons. The fourth-order valence-electron chi connectivity index (χ4n) is 1.45. The highest BCUT2D eigenvalue weighted by Crippen LogP contribution is 2.15. The van der Waals surface area contributed by atoms with Gasteiger partial charge in [0.25, 0.3) is 5.91 Å². The van der Waals surface area contributed by atoms with E-state index in [-0.39, 0.29) is 11.7 Å². The van der Waals surface area contributed by atoms with E-state index in [1.54, 1.807) is 0 Å². The van der Waals surface area contributed by atoms with Gasteiger partial charge in [-0.3, -0.25) is 9.89 Å². The molecule has 5 nitrogen and oxygen atoms in total. The van der Waals surface area contributed by atoms with Crippen LogP contribution in [0.3, 0.4) is 0 Å². The molecule has 0 saturated carbocycles. The molecule has 2 aromatic rings. The lowest BCUT2D eigenvalue weighted by Gasteiger charge is -2.04. The highest BCUT2D eigenvalue weighted by molar-refractivity contribution is 9.10. The molecule has 6 heteroatoms. The summed E-state index contributed by atoms with van der Waals surface area (Å²) in [5, 5.41) is 9.36. The molecule has 2 rings (SSSR count). The fourth-order valence-corrected chi connectivity index (χ4v) is 1.88. The van der Waals surface area contributed by atoms with Crippen LogP contribution in [0.15, 0.2) is 28.7 Å². The van der Waals surface area contributed by atoms with Crippen molar-refractivity contribution >= 4 is 21.8 Å². The molecule has 94 valence electrons. The number of halogens is 1. The number of nitrogens with one attached hydrogen (secondary N) is 2. The third-order valence-corrected chi connectivity index (χ3v) is 3.24. The van der Waals surface area contributed by atoms with Gasteiger partial charge in [-0.05, 0) is 11.6 Å². The maximum atomic E-state index is 11.8. The first-order valence-electron chi connectivity index (χ1n) is 5.63. The number of benzene rings is 1. The molecule has 2 N–H and O–H groups in total. The topological polar surface area (TPSA) is 70.7 Å². The molecule has 1 heterocycles. The van der Waals surface area contributed by atoms with Gasteiger partial charge >= 0.3 is 0 Å². The lowest BCUT2D eigenvalue weighted by Crippen LogP contribution is -2.24. The molecule has 0 spiro atoms. The van der Waals surface area contributed by atoms with E-state index in [4.69, 9.17) is 0 Å². The van der Waals surface area contributed by atoms with Gasteiger partial charge in [-0.2, -0.15) is 0 Å². The summed E-state index contributed by atoms with van der Waals surface area (Å²) in [5.41, 5.74) is 1.01. The van der Waals surface area contributed by atoms with Crippen molar-refractivity contribution in [3.63, 3.8) is 0 Å². The number of hydrogen-bond donors (Lipinski definition) is 2. The highest BCUT2D eigenvalue weighted by Gasteiger charge is 2.11. The SMILES string of the molecule is CCc1nc(C(=O)NCc2ccccc2Br)n[nH]1. The third kappa shape index (κ3) is 2.95. The summed E-state index contributed by atoms with van der Waals surface area (Å²) in [7, 11) is 0. The van der Waals surface area contributed by atoms with E-state index in [2.05, 4.69) is 36.4 Å². The predicted octanol–water partition coefficient (Wildman–Crippen LogP) is 2.06. The van der Waals surface area contributed by atoms with Crippen molar-refractivity contribution in [1.29, 1.82) is 0 Å². The molecule has 1 aromatic carbocycles. The molecule has 1 aromatic heterocycles. The monoisotopic (exact) mass is 308 g/mol. The Hall–Kier alpha value is -1.69. The van der Waals surface area contributed by atoms with E-state index in [1.165, 1.54) is 0 Å². The summed E-state index contributed by atoms with van der Waals surface area (Å²) >= 11 is 3.43. The minimum Gasteiger partial charge on any atom is -0.345 e. The van der Waals surface area contributed by atoms with Crippen LogP contribution in [0.2, 0.25) is 0 Å². The fraction of sp³-hybridized carbons (Fsp3) is 0.250. The molecular formula is C12H13BrN4O. The van der Waals surface area contributed by atoms with E-state index in [9.17, 15) is 4.79 Å². The van der Waals surface area contributed by atoms with Crippen LogP contribution in [0.25, 0.3) is 0 Å². The zero-order valence-electron chi connectivity index (χ0n) is 9.90. The van der Waals surface area contributed by atoms with Gasteiger partial charge in [0.05, 0.1) is 0 Å². The van der Waals surface area contributed by atoms with Crippen molar-refractivity contribution in [2.75, 3.05) is 0 Å². The standard InChI is InChI=1S/C12H13BrN4O/c1-2-10-15-11(17-16-10)12(18)14-7-8-5-3-4-6-9(8)13/h3-6H,2,7H2,1H3,(H,14,18)(H,15,16,17). The second-order valence-corrected chi connectivity index (χ2v) is 4.59. The first kappa shape index (κ1) is 12.8. The number of amides is 1. The lowest BCUT2D eigenvalue weighted by molar-refractivity contribution is 0.0941. The van der Waals surface area contributed by atoms with Gasteiger partial charge < -0.3 is 5.32 Å². The smallest absolute Gasteiger partial charge is 0.291 e. The molecule has 0 fully saturated rings. The molecule has 0 aliphatic carbocycles.